The van der Waals surface area contributed by atoms with E-state index in [2.05, 4.69) is 6.92 Å². The van der Waals surface area contributed by atoms with Crippen LogP contribution in [0.5, 0.6) is 0 Å². The molecular formula is C13H26N2O2. The van der Waals surface area contributed by atoms with Crippen LogP contribution in [0.4, 0.5) is 4.79 Å². The van der Waals surface area contributed by atoms with Crippen LogP contribution in [0.3, 0.4) is 0 Å². The number of hydrogen-bond acceptors (Lipinski definition) is 3. The Kier molecular flexibility index (Phi) is 4.80. The van der Waals surface area contributed by atoms with Gasteiger partial charge in [0.15, 0.2) is 0 Å². The molecule has 1 amide bonds. The molecule has 4 heteroatoms. The molecule has 100 valence electrons. The van der Waals surface area contributed by atoms with Crippen molar-refractivity contribution in [2.45, 2.75) is 46.1 Å². The van der Waals surface area contributed by atoms with Crippen LogP contribution in [0.2, 0.25) is 0 Å². The first-order valence-corrected chi connectivity index (χ1v) is 6.51. The molecule has 1 aliphatic heterocycles. The Labute approximate surface area is 104 Å². The number of rotatable bonds is 2. The standard InChI is InChI=1S/C13H26N2O2/c1-10(8-14)11-6-5-7-15(9-11)12(16)17-13(2,3)4/h10-11H,5-9,14H2,1-4H3. The minimum absolute atomic E-state index is 0.188. The molecule has 2 unspecified atom stereocenters. The summed E-state index contributed by atoms with van der Waals surface area (Å²) in [5, 5.41) is 0. The monoisotopic (exact) mass is 242 g/mol. The molecule has 17 heavy (non-hydrogen) atoms. The number of hydrogen-bond donors (Lipinski definition) is 1. The number of nitrogens with two attached hydrogens (primary N) is 1. The zero-order valence-corrected chi connectivity index (χ0v) is 11.5. The van der Waals surface area contributed by atoms with Gasteiger partial charge in [0.2, 0.25) is 0 Å². The van der Waals surface area contributed by atoms with Crippen molar-refractivity contribution < 1.29 is 9.53 Å². The first-order chi connectivity index (χ1) is 7.83. The predicted molar refractivity (Wildman–Crippen MR) is 68.7 cm³/mol. The van der Waals surface area contributed by atoms with E-state index in [1.54, 1.807) is 0 Å². The van der Waals surface area contributed by atoms with Gasteiger partial charge < -0.3 is 15.4 Å². The third-order valence-corrected chi connectivity index (χ3v) is 3.29. The van der Waals surface area contributed by atoms with Gasteiger partial charge in [0.25, 0.3) is 0 Å². The normalized spacial score (nSPS) is 23.4. The number of nitrogens with zero attached hydrogens (tertiary/aromatic N) is 1. The second-order valence-corrected chi connectivity index (χ2v) is 6.04. The number of piperidine rings is 1. The van der Waals surface area contributed by atoms with Gasteiger partial charge in [-0.15, -0.1) is 0 Å². The topological polar surface area (TPSA) is 55.6 Å². The summed E-state index contributed by atoms with van der Waals surface area (Å²) in [6, 6.07) is 0. The van der Waals surface area contributed by atoms with Crippen LogP contribution in [0.1, 0.15) is 40.5 Å². The van der Waals surface area contributed by atoms with Gasteiger partial charge in [-0.05, 0) is 52.0 Å². The molecule has 4 nitrogen and oxygen atoms in total. The zero-order valence-electron chi connectivity index (χ0n) is 11.5. The van der Waals surface area contributed by atoms with Gasteiger partial charge in [0.1, 0.15) is 5.60 Å². The summed E-state index contributed by atoms with van der Waals surface area (Å²) < 4.78 is 5.39. The van der Waals surface area contributed by atoms with Gasteiger partial charge in [-0.2, -0.15) is 0 Å². The summed E-state index contributed by atoms with van der Waals surface area (Å²) in [5.74, 6) is 0.988. The third kappa shape index (κ3) is 4.54. The lowest BCUT2D eigenvalue weighted by molar-refractivity contribution is 0.0137. The van der Waals surface area contributed by atoms with Crippen molar-refractivity contribution in [3.05, 3.63) is 0 Å². The van der Waals surface area contributed by atoms with Crippen LogP contribution in [-0.4, -0.2) is 36.2 Å². The Morgan fingerprint density at radius 3 is 2.71 bits per heavy atom. The van der Waals surface area contributed by atoms with E-state index in [1.165, 1.54) is 0 Å². The van der Waals surface area contributed by atoms with E-state index in [0.717, 1.165) is 25.9 Å². The maximum absolute atomic E-state index is 11.9. The van der Waals surface area contributed by atoms with E-state index in [0.29, 0.717) is 18.4 Å². The third-order valence-electron chi connectivity index (χ3n) is 3.29. The SMILES string of the molecule is CC(CN)C1CCCN(C(=O)OC(C)(C)C)C1. The largest absolute Gasteiger partial charge is 0.444 e. The Hall–Kier alpha value is -0.770. The average Bonchev–Trinajstić information content (AvgIpc) is 2.26. The molecule has 1 saturated heterocycles. The van der Waals surface area contributed by atoms with E-state index in [4.69, 9.17) is 10.5 Å². The van der Waals surface area contributed by atoms with Gasteiger partial charge in [-0.25, -0.2) is 4.79 Å². The minimum atomic E-state index is -0.413. The van der Waals surface area contributed by atoms with E-state index in [9.17, 15) is 4.79 Å². The lowest BCUT2D eigenvalue weighted by Crippen LogP contribution is -2.45. The first kappa shape index (κ1) is 14.3. The van der Waals surface area contributed by atoms with Gasteiger partial charge in [0, 0.05) is 13.1 Å². The molecule has 1 rings (SSSR count). The first-order valence-electron chi connectivity index (χ1n) is 6.51. The van der Waals surface area contributed by atoms with Crippen molar-refractivity contribution in [2.24, 2.45) is 17.6 Å². The van der Waals surface area contributed by atoms with Gasteiger partial charge in [-0.1, -0.05) is 6.92 Å². The number of carbonyl (C=O) groups is 1. The highest BCUT2D eigenvalue weighted by molar-refractivity contribution is 5.68. The van der Waals surface area contributed by atoms with Crippen molar-refractivity contribution in [3.63, 3.8) is 0 Å². The van der Waals surface area contributed by atoms with Gasteiger partial charge >= 0.3 is 6.09 Å². The molecule has 0 bridgehead atoms. The molecule has 0 spiro atoms. The van der Waals surface area contributed by atoms with E-state index < -0.39 is 5.60 Å². The number of carbonyl (C=O) groups excluding carboxylic acids is 1. The molecule has 0 radical (unpaired) electrons. The summed E-state index contributed by atoms with van der Waals surface area (Å²) in [4.78, 5) is 13.8. The number of ether oxygens (including phenoxy) is 1. The molecule has 2 N–H and O–H groups in total. The lowest BCUT2D eigenvalue weighted by atomic mass is 9.87. The fraction of sp³-hybridized carbons (Fsp3) is 0.923. The fourth-order valence-electron chi connectivity index (χ4n) is 2.16. The molecule has 0 aromatic rings. The minimum Gasteiger partial charge on any atom is -0.444 e. The highest BCUT2D eigenvalue weighted by atomic mass is 16.6. The molecule has 0 saturated carbocycles. The van der Waals surface area contributed by atoms with Crippen molar-refractivity contribution >= 4 is 6.09 Å². The highest BCUT2D eigenvalue weighted by Crippen LogP contribution is 2.24. The number of likely N-dealkylation sites (tertiary alicyclic amines) is 1. The Bertz CT molecular complexity index is 261. The van der Waals surface area contributed by atoms with Crippen LogP contribution < -0.4 is 5.73 Å². The summed E-state index contributed by atoms with van der Waals surface area (Å²) >= 11 is 0. The van der Waals surface area contributed by atoms with Crippen LogP contribution in [0, 0.1) is 11.8 Å². The summed E-state index contributed by atoms with van der Waals surface area (Å²) in [6.07, 6.45) is 2.03. The Balaban J connectivity index is 2.52. The van der Waals surface area contributed by atoms with Crippen LogP contribution >= 0.6 is 0 Å². The maximum atomic E-state index is 11.9. The Morgan fingerprint density at radius 1 is 1.53 bits per heavy atom. The van der Waals surface area contributed by atoms with E-state index in [1.807, 2.05) is 25.7 Å². The molecule has 0 aromatic carbocycles. The van der Waals surface area contributed by atoms with Crippen molar-refractivity contribution in [3.8, 4) is 0 Å². The van der Waals surface area contributed by atoms with Crippen LogP contribution in [-0.2, 0) is 4.74 Å². The molecule has 1 fully saturated rings. The van der Waals surface area contributed by atoms with E-state index >= 15 is 0 Å². The highest BCUT2D eigenvalue weighted by Gasteiger charge is 2.29. The molecule has 1 aliphatic rings. The van der Waals surface area contributed by atoms with E-state index in [-0.39, 0.29) is 6.09 Å². The van der Waals surface area contributed by atoms with Crippen molar-refractivity contribution in [2.75, 3.05) is 19.6 Å². The zero-order chi connectivity index (χ0) is 13.1. The molecular weight excluding hydrogens is 216 g/mol. The molecule has 2 atom stereocenters. The maximum Gasteiger partial charge on any atom is 0.410 e. The summed E-state index contributed by atoms with van der Waals surface area (Å²) in [5.41, 5.74) is 5.28. The van der Waals surface area contributed by atoms with Gasteiger partial charge in [0.05, 0.1) is 0 Å². The van der Waals surface area contributed by atoms with Crippen LogP contribution in [0.25, 0.3) is 0 Å². The smallest absolute Gasteiger partial charge is 0.410 e. The summed E-state index contributed by atoms with van der Waals surface area (Å²) in [7, 11) is 0. The lowest BCUT2D eigenvalue weighted by Gasteiger charge is -2.36. The van der Waals surface area contributed by atoms with Crippen molar-refractivity contribution in [1.82, 2.24) is 4.90 Å². The second-order valence-electron chi connectivity index (χ2n) is 6.04. The predicted octanol–water partition coefficient (Wildman–Crippen LogP) is 2.23. The number of amides is 1. The van der Waals surface area contributed by atoms with Crippen molar-refractivity contribution in [1.29, 1.82) is 0 Å². The molecule has 0 aromatic heterocycles. The van der Waals surface area contributed by atoms with Crippen LogP contribution in [0.15, 0.2) is 0 Å². The average molecular weight is 242 g/mol. The summed E-state index contributed by atoms with van der Waals surface area (Å²) in [6.45, 7) is 10.1. The fourth-order valence-corrected chi connectivity index (χ4v) is 2.16. The molecule has 0 aliphatic carbocycles. The van der Waals surface area contributed by atoms with Gasteiger partial charge in [-0.3, -0.25) is 0 Å². The second kappa shape index (κ2) is 5.71. The Morgan fingerprint density at radius 2 is 2.18 bits per heavy atom. The molecule has 1 heterocycles. The quantitative estimate of drug-likeness (QED) is 0.808.